The maximum atomic E-state index is 13.5. The van der Waals surface area contributed by atoms with Crippen molar-refractivity contribution in [1.82, 2.24) is 10.2 Å². The van der Waals surface area contributed by atoms with Crippen LogP contribution in [0.2, 0.25) is 15.1 Å². The molecular weight excluding hydrogens is 495 g/mol. The van der Waals surface area contributed by atoms with Gasteiger partial charge in [-0.05, 0) is 48.4 Å². The molecule has 3 aromatic rings. The third kappa shape index (κ3) is 6.66. The second-order valence-corrected chi connectivity index (χ2v) is 8.96. The molecule has 1 N–H and O–H groups in total. The minimum absolute atomic E-state index is 0.0469. The highest BCUT2D eigenvalue weighted by molar-refractivity contribution is 6.36. The number of nitrogens with one attached hydrogen (secondary N) is 1. The molecule has 2 amide bonds. The summed E-state index contributed by atoms with van der Waals surface area (Å²) in [4.78, 5) is 27.9. The van der Waals surface area contributed by atoms with Crippen LogP contribution in [0.4, 0.5) is 0 Å². The molecule has 0 saturated carbocycles. The van der Waals surface area contributed by atoms with Gasteiger partial charge >= 0.3 is 0 Å². The third-order valence-corrected chi connectivity index (χ3v) is 6.53. The van der Waals surface area contributed by atoms with Crippen LogP contribution in [0.5, 0.6) is 5.75 Å². The summed E-state index contributed by atoms with van der Waals surface area (Å²) < 4.78 is 5.75. The summed E-state index contributed by atoms with van der Waals surface area (Å²) >= 11 is 18.9. The Kier molecular flexibility index (Phi) is 9.22. The van der Waals surface area contributed by atoms with Crippen molar-refractivity contribution in [3.63, 3.8) is 0 Å². The van der Waals surface area contributed by atoms with Crippen LogP contribution in [0.1, 0.15) is 16.7 Å². The number of halogens is 3. The van der Waals surface area contributed by atoms with E-state index in [1.54, 1.807) is 43.4 Å². The highest BCUT2D eigenvalue weighted by atomic mass is 35.5. The lowest BCUT2D eigenvalue weighted by molar-refractivity contribution is -0.142. The predicted molar refractivity (Wildman–Crippen MR) is 137 cm³/mol. The Hall–Kier alpha value is -2.73. The van der Waals surface area contributed by atoms with E-state index in [1.807, 2.05) is 37.3 Å². The number of carbonyl (C=O) groups is 2. The fourth-order valence-corrected chi connectivity index (χ4v) is 4.14. The highest BCUT2D eigenvalue weighted by Crippen LogP contribution is 2.27. The molecule has 0 aliphatic carbocycles. The zero-order chi connectivity index (χ0) is 24.7. The SMILES string of the molecule is CNC(=O)[C@@H](Cc1ccccc1)N(Cc1c(Cl)cccc1Cl)C(=O)COc1ccc(Cl)c(C)c1. The number of likely N-dealkylation sites (N-methyl/N-ethyl adjacent to an activating group) is 1. The summed E-state index contributed by atoms with van der Waals surface area (Å²) in [6.07, 6.45) is 0.314. The van der Waals surface area contributed by atoms with Crippen molar-refractivity contribution >= 4 is 46.6 Å². The van der Waals surface area contributed by atoms with Gasteiger partial charge in [0.2, 0.25) is 5.91 Å². The summed E-state index contributed by atoms with van der Waals surface area (Å²) in [5, 5.41) is 4.10. The number of ether oxygens (including phenoxy) is 1. The van der Waals surface area contributed by atoms with Gasteiger partial charge in [0.1, 0.15) is 11.8 Å². The first-order chi connectivity index (χ1) is 16.3. The second-order valence-electron chi connectivity index (χ2n) is 7.74. The van der Waals surface area contributed by atoms with E-state index in [0.717, 1.165) is 11.1 Å². The van der Waals surface area contributed by atoms with Crippen molar-refractivity contribution in [2.75, 3.05) is 13.7 Å². The Morgan fingerprint density at radius 2 is 1.62 bits per heavy atom. The quantitative estimate of drug-likeness (QED) is 0.393. The number of amides is 2. The number of carbonyl (C=O) groups excluding carboxylic acids is 2. The van der Waals surface area contributed by atoms with Gasteiger partial charge in [0, 0.05) is 40.6 Å². The fourth-order valence-electron chi connectivity index (χ4n) is 3.51. The first kappa shape index (κ1) is 25.9. The Bertz CT molecular complexity index is 1140. The van der Waals surface area contributed by atoms with Crippen molar-refractivity contribution in [2.45, 2.75) is 25.9 Å². The van der Waals surface area contributed by atoms with Gasteiger partial charge in [0.25, 0.3) is 5.91 Å². The minimum atomic E-state index is -0.803. The molecule has 8 heteroatoms. The van der Waals surface area contributed by atoms with E-state index in [0.29, 0.717) is 32.8 Å². The molecule has 0 aliphatic rings. The maximum absolute atomic E-state index is 13.5. The van der Waals surface area contributed by atoms with Crippen molar-refractivity contribution in [1.29, 1.82) is 0 Å². The smallest absolute Gasteiger partial charge is 0.261 e. The van der Waals surface area contributed by atoms with Crippen molar-refractivity contribution in [3.05, 3.63) is 98.5 Å². The Balaban J connectivity index is 1.92. The molecular formula is C26H25Cl3N2O3. The molecule has 3 rings (SSSR count). The molecule has 0 aromatic heterocycles. The Morgan fingerprint density at radius 1 is 0.941 bits per heavy atom. The van der Waals surface area contributed by atoms with E-state index in [4.69, 9.17) is 39.5 Å². The van der Waals surface area contributed by atoms with E-state index < -0.39 is 6.04 Å². The van der Waals surface area contributed by atoms with Crippen molar-refractivity contribution < 1.29 is 14.3 Å². The molecule has 0 radical (unpaired) electrons. The van der Waals surface area contributed by atoms with E-state index in [1.165, 1.54) is 4.90 Å². The molecule has 3 aromatic carbocycles. The summed E-state index contributed by atoms with van der Waals surface area (Å²) in [5.74, 6) is -0.179. The van der Waals surface area contributed by atoms with Gasteiger partial charge in [-0.15, -0.1) is 0 Å². The molecule has 34 heavy (non-hydrogen) atoms. The lowest BCUT2D eigenvalue weighted by Gasteiger charge is -2.31. The van der Waals surface area contributed by atoms with E-state index in [-0.39, 0.29) is 25.0 Å². The molecule has 1 atom stereocenters. The van der Waals surface area contributed by atoms with Crippen LogP contribution in [-0.2, 0) is 22.6 Å². The zero-order valence-electron chi connectivity index (χ0n) is 18.9. The molecule has 0 bridgehead atoms. The maximum Gasteiger partial charge on any atom is 0.261 e. The van der Waals surface area contributed by atoms with Crippen LogP contribution in [0.25, 0.3) is 0 Å². The van der Waals surface area contributed by atoms with Gasteiger partial charge in [-0.2, -0.15) is 0 Å². The number of hydrogen-bond donors (Lipinski definition) is 1. The van der Waals surface area contributed by atoms with Gasteiger partial charge in [0.15, 0.2) is 6.61 Å². The number of hydrogen-bond acceptors (Lipinski definition) is 3. The standard InChI is InChI=1S/C26H25Cl3N2O3/c1-17-13-19(11-12-21(17)27)34-16-25(32)31(15-20-22(28)9-6-10-23(20)29)24(26(33)30-2)14-18-7-4-3-5-8-18/h3-13,24H,14-16H2,1-2H3,(H,30,33)/t24-/m1/s1. The van der Waals surface area contributed by atoms with Gasteiger partial charge in [-0.3, -0.25) is 9.59 Å². The number of rotatable bonds is 9. The highest BCUT2D eigenvalue weighted by Gasteiger charge is 2.31. The molecule has 0 heterocycles. The molecule has 0 unspecified atom stereocenters. The van der Waals surface area contributed by atoms with Crippen LogP contribution in [0.15, 0.2) is 66.7 Å². The van der Waals surface area contributed by atoms with Gasteiger partial charge < -0.3 is 15.0 Å². The predicted octanol–water partition coefficient (Wildman–Crippen LogP) is 5.72. The molecule has 0 saturated heterocycles. The van der Waals surface area contributed by atoms with Crippen molar-refractivity contribution in [2.24, 2.45) is 0 Å². The lowest BCUT2D eigenvalue weighted by atomic mass is 10.0. The normalized spacial score (nSPS) is 11.6. The van der Waals surface area contributed by atoms with E-state index in [2.05, 4.69) is 5.32 Å². The van der Waals surface area contributed by atoms with Gasteiger partial charge in [-0.1, -0.05) is 71.2 Å². The molecule has 0 aliphatic heterocycles. The summed E-state index contributed by atoms with van der Waals surface area (Å²) in [5.41, 5.74) is 2.30. The zero-order valence-corrected chi connectivity index (χ0v) is 21.1. The molecule has 0 fully saturated rings. The summed E-state index contributed by atoms with van der Waals surface area (Å²) in [6, 6.07) is 19.0. The number of nitrogens with zero attached hydrogens (tertiary/aromatic N) is 1. The average molecular weight is 520 g/mol. The minimum Gasteiger partial charge on any atom is -0.484 e. The average Bonchev–Trinajstić information content (AvgIpc) is 2.83. The molecule has 5 nitrogen and oxygen atoms in total. The topological polar surface area (TPSA) is 58.6 Å². The van der Waals surface area contributed by atoms with Crippen molar-refractivity contribution in [3.8, 4) is 5.75 Å². The first-order valence-electron chi connectivity index (χ1n) is 10.7. The van der Waals surface area contributed by atoms with E-state index >= 15 is 0 Å². The fraction of sp³-hybridized carbons (Fsp3) is 0.231. The van der Waals surface area contributed by atoms with E-state index in [9.17, 15) is 9.59 Å². The Labute approximate surface area is 214 Å². The second kappa shape index (κ2) is 12.1. The van der Waals surface area contributed by atoms with Crippen LogP contribution < -0.4 is 10.1 Å². The summed E-state index contributed by atoms with van der Waals surface area (Å²) in [6.45, 7) is 1.63. The monoisotopic (exact) mass is 518 g/mol. The van der Waals surface area contributed by atoms with Crippen LogP contribution in [0.3, 0.4) is 0 Å². The lowest BCUT2D eigenvalue weighted by Crippen LogP contribution is -2.51. The number of aryl methyl sites for hydroxylation is 1. The van der Waals surface area contributed by atoms with Crippen LogP contribution >= 0.6 is 34.8 Å². The van der Waals surface area contributed by atoms with Crippen LogP contribution in [0, 0.1) is 6.92 Å². The third-order valence-electron chi connectivity index (χ3n) is 5.40. The first-order valence-corrected chi connectivity index (χ1v) is 11.8. The molecule has 0 spiro atoms. The van der Waals surface area contributed by atoms with Gasteiger partial charge in [0.05, 0.1) is 0 Å². The molecule has 178 valence electrons. The Morgan fingerprint density at radius 3 is 2.24 bits per heavy atom. The van der Waals surface area contributed by atoms with Gasteiger partial charge in [-0.25, -0.2) is 0 Å². The number of benzene rings is 3. The summed E-state index contributed by atoms with van der Waals surface area (Å²) in [7, 11) is 1.54. The largest absolute Gasteiger partial charge is 0.484 e. The van der Waals surface area contributed by atoms with Crippen LogP contribution in [-0.4, -0.2) is 36.4 Å².